The lowest BCUT2D eigenvalue weighted by atomic mass is 10.1. The van der Waals surface area contributed by atoms with Gasteiger partial charge in [-0.15, -0.1) is 0 Å². The number of hydrogen-bond acceptors (Lipinski definition) is 4. The van der Waals surface area contributed by atoms with Crippen molar-refractivity contribution in [3.63, 3.8) is 0 Å². The van der Waals surface area contributed by atoms with Gasteiger partial charge in [0.15, 0.2) is 11.5 Å². The van der Waals surface area contributed by atoms with Crippen LogP contribution in [-0.4, -0.2) is 32.6 Å². The predicted molar refractivity (Wildman–Crippen MR) is 92.7 cm³/mol. The van der Waals surface area contributed by atoms with E-state index in [0.29, 0.717) is 6.61 Å². The summed E-state index contributed by atoms with van der Waals surface area (Å²) in [5, 5.41) is 3.32. The summed E-state index contributed by atoms with van der Waals surface area (Å²) in [5.41, 5.74) is 2.31. The molecule has 23 heavy (non-hydrogen) atoms. The first-order chi connectivity index (χ1) is 11.4. The van der Waals surface area contributed by atoms with Crippen LogP contribution in [0.4, 0.5) is 0 Å². The van der Waals surface area contributed by atoms with Gasteiger partial charge in [-0.2, -0.15) is 0 Å². The van der Waals surface area contributed by atoms with E-state index in [1.54, 1.807) is 7.11 Å². The average molecular weight is 310 g/mol. The van der Waals surface area contributed by atoms with Crippen molar-refractivity contribution in [2.75, 3.05) is 26.8 Å². The number of methoxy groups -OCH3 is 1. The molecule has 0 unspecified atom stereocenters. The first-order valence-electron chi connectivity index (χ1n) is 8.00. The van der Waals surface area contributed by atoms with Crippen LogP contribution < -0.4 is 14.8 Å². The Bertz CT molecular complexity index is 668. The van der Waals surface area contributed by atoms with E-state index in [-0.39, 0.29) is 0 Å². The van der Waals surface area contributed by atoms with E-state index in [9.17, 15) is 0 Å². The highest BCUT2D eigenvalue weighted by Gasteiger charge is 2.11. The van der Waals surface area contributed by atoms with Gasteiger partial charge >= 0.3 is 0 Å². The van der Waals surface area contributed by atoms with Crippen molar-refractivity contribution in [1.82, 2.24) is 5.32 Å². The van der Waals surface area contributed by atoms with Gasteiger partial charge in [-0.25, -0.2) is 0 Å². The van der Waals surface area contributed by atoms with Crippen LogP contribution in [-0.2, 0) is 6.42 Å². The van der Waals surface area contributed by atoms with E-state index >= 15 is 0 Å². The van der Waals surface area contributed by atoms with Gasteiger partial charge in [-0.1, -0.05) is 30.3 Å². The third kappa shape index (κ3) is 4.03. The van der Waals surface area contributed by atoms with Crippen LogP contribution in [0.5, 0.6) is 11.5 Å². The molecule has 2 aromatic rings. The van der Waals surface area contributed by atoms with Crippen LogP contribution in [0.25, 0.3) is 0 Å². The summed E-state index contributed by atoms with van der Waals surface area (Å²) in [5.74, 6) is 2.44. The first-order valence-corrected chi connectivity index (χ1v) is 8.00. The molecule has 0 radical (unpaired) electrons. The summed E-state index contributed by atoms with van der Waals surface area (Å²) in [6.45, 7) is 2.47. The number of ether oxygens (including phenoxy) is 2. The van der Waals surface area contributed by atoms with Gasteiger partial charge in [-0.05, 0) is 30.2 Å². The topological polar surface area (TPSA) is 42.8 Å². The second kappa shape index (κ2) is 7.68. The third-order valence-corrected chi connectivity index (χ3v) is 3.83. The molecule has 0 atom stereocenters. The molecular formula is C19H22N2O2. The zero-order valence-electron chi connectivity index (χ0n) is 13.4. The third-order valence-electron chi connectivity index (χ3n) is 3.83. The maximum absolute atomic E-state index is 5.89. The van der Waals surface area contributed by atoms with Gasteiger partial charge in [0.2, 0.25) is 0 Å². The summed E-state index contributed by atoms with van der Waals surface area (Å²) in [6.07, 6.45) is 1.96. The zero-order valence-corrected chi connectivity index (χ0v) is 13.4. The zero-order chi connectivity index (χ0) is 15.9. The van der Waals surface area contributed by atoms with Crippen molar-refractivity contribution in [1.29, 1.82) is 0 Å². The normalized spacial score (nSPS) is 13.9. The van der Waals surface area contributed by atoms with Crippen LogP contribution in [0.1, 0.15) is 17.5 Å². The number of benzene rings is 2. The van der Waals surface area contributed by atoms with E-state index in [1.807, 2.05) is 36.4 Å². The summed E-state index contributed by atoms with van der Waals surface area (Å²) in [7, 11) is 1.67. The highest BCUT2D eigenvalue weighted by molar-refractivity contribution is 5.99. The molecule has 1 N–H and O–H groups in total. The number of amidine groups is 1. The number of nitrogens with one attached hydrogen (secondary N) is 1. The molecule has 0 saturated heterocycles. The summed E-state index contributed by atoms with van der Waals surface area (Å²) >= 11 is 0. The maximum atomic E-state index is 5.89. The van der Waals surface area contributed by atoms with Crippen LogP contribution in [0.15, 0.2) is 53.5 Å². The molecule has 1 aliphatic heterocycles. The van der Waals surface area contributed by atoms with Crippen molar-refractivity contribution in [3.05, 3.63) is 59.7 Å². The molecule has 3 rings (SSSR count). The minimum atomic E-state index is 0.624. The summed E-state index contributed by atoms with van der Waals surface area (Å²) in [4.78, 5) is 4.52. The monoisotopic (exact) mass is 310 g/mol. The number of nitrogens with zero attached hydrogens (tertiary/aromatic N) is 1. The van der Waals surface area contributed by atoms with E-state index < -0.39 is 0 Å². The van der Waals surface area contributed by atoms with E-state index in [1.165, 1.54) is 5.56 Å². The van der Waals surface area contributed by atoms with E-state index in [2.05, 4.69) is 22.4 Å². The second-order valence-corrected chi connectivity index (χ2v) is 5.46. The molecule has 0 saturated carbocycles. The summed E-state index contributed by atoms with van der Waals surface area (Å²) in [6, 6.07) is 16.3. The van der Waals surface area contributed by atoms with Gasteiger partial charge in [0.25, 0.3) is 0 Å². The van der Waals surface area contributed by atoms with Crippen molar-refractivity contribution in [3.8, 4) is 11.5 Å². The van der Waals surface area contributed by atoms with Crippen molar-refractivity contribution >= 4 is 5.84 Å². The minimum absolute atomic E-state index is 0.624. The van der Waals surface area contributed by atoms with Gasteiger partial charge in [0, 0.05) is 25.1 Å². The lowest BCUT2D eigenvalue weighted by molar-refractivity contribution is 0.297. The molecule has 0 spiro atoms. The predicted octanol–water partition coefficient (Wildman–Crippen LogP) is 3.06. The van der Waals surface area contributed by atoms with Gasteiger partial charge in [0.05, 0.1) is 13.7 Å². The Balaban J connectivity index is 1.66. The fourth-order valence-electron chi connectivity index (χ4n) is 2.58. The van der Waals surface area contributed by atoms with Crippen LogP contribution >= 0.6 is 0 Å². The fraction of sp³-hybridized carbons (Fsp3) is 0.316. The number of hydrogen-bond donors (Lipinski definition) is 1. The second-order valence-electron chi connectivity index (χ2n) is 5.46. The van der Waals surface area contributed by atoms with E-state index in [4.69, 9.17) is 9.47 Å². The molecule has 1 heterocycles. The number of aliphatic imine (C=N–C) groups is 1. The smallest absolute Gasteiger partial charge is 0.161 e. The Morgan fingerprint density at radius 2 is 1.96 bits per heavy atom. The maximum Gasteiger partial charge on any atom is 0.161 e. The lowest BCUT2D eigenvalue weighted by Gasteiger charge is -2.17. The Morgan fingerprint density at radius 3 is 2.70 bits per heavy atom. The quantitative estimate of drug-likeness (QED) is 0.892. The average Bonchev–Trinajstić information content (AvgIpc) is 2.63. The molecule has 4 heteroatoms. The molecule has 0 fully saturated rings. The van der Waals surface area contributed by atoms with Crippen LogP contribution in [0, 0.1) is 0 Å². The minimum Gasteiger partial charge on any atom is -0.493 e. The van der Waals surface area contributed by atoms with Gasteiger partial charge < -0.3 is 14.8 Å². The Kier molecular flexibility index (Phi) is 5.14. The van der Waals surface area contributed by atoms with E-state index in [0.717, 1.165) is 48.8 Å². The Labute approximate surface area is 137 Å². The molecule has 0 aliphatic carbocycles. The fourth-order valence-corrected chi connectivity index (χ4v) is 2.58. The highest BCUT2D eigenvalue weighted by Crippen LogP contribution is 2.28. The van der Waals surface area contributed by atoms with Gasteiger partial charge in [-0.3, -0.25) is 4.99 Å². The van der Waals surface area contributed by atoms with Crippen molar-refractivity contribution in [2.24, 2.45) is 4.99 Å². The van der Waals surface area contributed by atoms with Crippen molar-refractivity contribution < 1.29 is 9.47 Å². The van der Waals surface area contributed by atoms with Crippen molar-refractivity contribution in [2.45, 2.75) is 12.8 Å². The summed E-state index contributed by atoms with van der Waals surface area (Å²) < 4.78 is 11.4. The lowest BCUT2D eigenvalue weighted by Crippen LogP contribution is -2.30. The molecule has 0 amide bonds. The molecular weight excluding hydrogens is 288 g/mol. The standard InChI is InChI=1S/C19H22N2O2/c1-22-18-14-16(19-20-11-5-12-21-19)8-9-17(18)23-13-10-15-6-3-2-4-7-15/h2-4,6-9,14H,5,10-13H2,1H3,(H,20,21). The molecule has 4 nitrogen and oxygen atoms in total. The SMILES string of the molecule is COc1cc(C2=NCCCN2)ccc1OCCc1ccccc1. The number of rotatable bonds is 6. The molecule has 120 valence electrons. The Hall–Kier alpha value is -2.49. The van der Waals surface area contributed by atoms with Gasteiger partial charge in [0.1, 0.15) is 5.84 Å². The first kappa shape index (κ1) is 15.4. The Morgan fingerprint density at radius 1 is 1.09 bits per heavy atom. The highest BCUT2D eigenvalue weighted by atomic mass is 16.5. The molecule has 1 aliphatic rings. The molecule has 0 aromatic heterocycles. The van der Waals surface area contributed by atoms with Crippen LogP contribution in [0.3, 0.4) is 0 Å². The van der Waals surface area contributed by atoms with Crippen LogP contribution in [0.2, 0.25) is 0 Å². The largest absolute Gasteiger partial charge is 0.493 e. The molecule has 2 aromatic carbocycles. The molecule has 0 bridgehead atoms.